The zero-order chi connectivity index (χ0) is 15.8. The van der Waals surface area contributed by atoms with Crippen molar-refractivity contribution in [2.24, 2.45) is 0 Å². The first-order valence-corrected chi connectivity index (χ1v) is 6.90. The van der Waals surface area contributed by atoms with E-state index >= 15 is 0 Å². The van der Waals surface area contributed by atoms with Crippen molar-refractivity contribution in [3.63, 3.8) is 0 Å². The van der Waals surface area contributed by atoms with Gasteiger partial charge in [0.25, 0.3) is 5.91 Å². The number of rotatable bonds is 4. The van der Waals surface area contributed by atoms with E-state index in [0.717, 1.165) is 11.8 Å². The quantitative estimate of drug-likeness (QED) is 0.746. The fourth-order valence-electron chi connectivity index (χ4n) is 2.18. The number of nitrogens with zero attached hydrogens (tertiary/aromatic N) is 1. The van der Waals surface area contributed by atoms with E-state index in [4.69, 9.17) is 4.74 Å². The minimum Gasteiger partial charge on any atom is -0.355 e. The highest BCUT2D eigenvalue weighted by Gasteiger charge is 2.59. The van der Waals surface area contributed by atoms with Gasteiger partial charge < -0.3 is 19.9 Å². The number of carbonyl (C=O) groups excluding carboxylic acids is 1. The van der Waals surface area contributed by atoms with Gasteiger partial charge in [-0.25, -0.2) is 0 Å². The minimum absolute atomic E-state index is 0.0517. The van der Waals surface area contributed by atoms with Crippen molar-refractivity contribution < 1.29 is 22.7 Å². The smallest absolute Gasteiger partial charge is 0.355 e. The average Bonchev–Trinajstić information content (AvgIpc) is 2.84. The molecule has 1 amide bonds. The van der Waals surface area contributed by atoms with Crippen LogP contribution in [0.4, 0.5) is 18.9 Å². The number of amides is 1. The standard InChI is InChI=1S/C12H16F3N3O2S/c1-3-6-20-11(2,12(13,14)15)18-7-4-5-16-8(7)9(19)17-10(18)21/h4-5,10,16,21H,3,6H2,1-2H3,(H,17,19). The van der Waals surface area contributed by atoms with Crippen molar-refractivity contribution in [2.45, 2.75) is 37.7 Å². The number of aromatic nitrogens is 1. The zero-order valence-corrected chi connectivity index (χ0v) is 12.4. The molecule has 1 aliphatic heterocycles. The van der Waals surface area contributed by atoms with Crippen LogP contribution in [0.15, 0.2) is 12.3 Å². The van der Waals surface area contributed by atoms with Gasteiger partial charge in [-0.2, -0.15) is 13.2 Å². The highest BCUT2D eigenvalue weighted by molar-refractivity contribution is 7.81. The van der Waals surface area contributed by atoms with E-state index in [1.165, 1.54) is 12.3 Å². The van der Waals surface area contributed by atoms with Crippen LogP contribution in [0, 0.1) is 0 Å². The Balaban J connectivity index is 2.50. The van der Waals surface area contributed by atoms with Gasteiger partial charge in [-0.05, 0) is 19.4 Å². The van der Waals surface area contributed by atoms with Crippen LogP contribution in [-0.2, 0) is 4.74 Å². The summed E-state index contributed by atoms with van der Waals surface area (Å²) < 4.78 is 45.8. The van der Waals surface area contributed by atoms with Crippen LogP contribution in [0.1, 0.15) is 30.8 Å². The lowest BCUT2D eigenvalue weighted by atomic mass is 10.1. The number of H-pyrrole nitrogens is 1. The first-order valence-electron chi connectivity index (χ1n) is 6.38. The highest BCUT2D eigenvalue weighted by Crippen LogP contribution is 2.43. The van der Waals surface area contributed by atoms with Crippen LogP contribution < -0.4 is 10.2 Å². The molecule has 0 saturated carbocycles. The summed E-state index contributed by atoms with van der Waals surface area (Å²) in [6, 6.07) is 1.40. The van der Waals surface area contributed by atoms with Gasteiger partial charge in [0.05, 0.1) is 5.69 Å². The monoisotopic (exact) mass is 323 g/mol. The molecule has 2 N–H and O–H groups in total. The Hall–Kier alpha value is -1.35. The molecule has 0 saturated heterocycles. The van der Waals surface area contributed by atoms with E-state index in [9.17, 15) is 18.0 Å². The first kappa shape index (κ1) is 16.0. The largest absolute Gasteiger partial charge is 0.436 e. The predicted octanol–water partition coefficient (Wildman–Crippen LogP) is 2.48. The number of carbonyl (C=O) groups is 1. The topological polar surface area (TPSA) is 57.4 Å². The predicted molar refractivity (Wildman–Crippen MR) is 74.2 cm³/mol. The summed E-state index contributed by atoms with van der Waals surface area (Å²) >= 11 is 4.06. The molecule has 118 valence electrons. The molecule has 0 radical (unpaired) electrons. The molecule has 1 aromatic rings. The van der Waals surface area contributed by atoms with Crippen LogP contribution in [0.3, 0.4) is 0 Å². The number of alkyl halides is 3. The molecular weight excluding hydrogens is 307 g/mol. The molecule has 2 atom stereocenters. The van der Waals surface area contributed by atoms with Gasteiger partial charge in [-0.15, -0.1) is 12.6 Å². The van der Waals surface area contributed by atoms with E-state index in [0.29, 0.717) is 6.42 Å². The maximum atomic E-state index is 13.6. The summed E-state index contributed by atoms with van der Waals surface area (Å²) in [7, 11) is 0. The number of halogens is 3. The fraction of sp³-hybridized carbons (Fsp3) is 0.583. The summed E-state index contributed by atoms with van der Waals surface area (Å²) in [5.74, 6) is -0.508. The molecule has 0 bridgehead atoms. The van der Waals surface area contributed by atoms with Gasteiger partial charge in [0.1, 0.15) is 11.2 Å². The molecule has 0 aromatic carbocycles. The van der Waals surface area contributed by atoms with Gasteiger partial charge in [0, 0.05) is 12.8 Å². The molecule has 0 aliphatic carbocycles. The maximum Gasteiger partial charge on any atom is 0.436 e. The molecule has 2 heterocycles. The van der Waals surface area contributed by atoms with Gasteiger partial charge in [0.2, 0.25) is 5.72 Å². The van der Waals surface area contributed by atoms with Gasteiger partial charge in [0.15, 0.2) is 0 Å². The van der Waals surface area contributed by atoms with E-state index in [1.54, 1.807) is 6.92 Å². The van der Waals surface area contributed by atoms with Crippen LogP contribution in [0.25, 0.3) is 0 Å². The van der Waals surface area contributed by atoms with E-state index in [2.05, 4.69) is 22.9 Å². The van der Waals surface area contributed by atoms with E-state index in [1.807, 2.05) is 0 Å². The summed E-state index contributed by atoms with van der Waals surface area (Å²) in [5, 5.41) is 2.37. The Morgan fingerprint density at radius 1 is 1.48 bits per heavy atom. The lowest BCUT2D eigenvalue weighted by Gasteiger charge is -2.47. The molecule has 0 fully saturated rings. The third kappa shape index (κ3) is 2.59. The number of fused-ring (bicyclic) bond motifs is 1. The van der Waals surface area contributed by atoms with Crippen LogP contribution in [0.2, 0.25) is 0 Å². The third-order valence-corrected chi connectivity index (χ3v) is 3.65. The molecular formula is C12H16F3N3O2S. The number of hydrogen-bond donors (Lipinski definition) is 3. The Morgan fingerprint density at radius 2 is 2.14 bits per heavy atom. The number of hydrogen-bond acceptors (Lipinski definition) is 4. The van der Waals surface area contributed by atoms with Crippen molar-refractivity contribution in [3.05, 3.63) is 18.0 Å². The second kappa shape index (κ2) is 5.45. The lowest BCUT2D eigenvalue weighted by Crippen LogP contribution is -2.66. The van der Waals surface area contributed by atoms with Gasteiger partial charge >= 0.3 is 6.18 Å². The number of anilines is 1. The zero-order valence-electron chi connectivity index (χ0n) is 11.5. The molecule has 1 aliphatic rings. The van der Waals surface area contributed by atoms with Crippen molar-refractivity contribution in [1.29, 1.82) is 0 Å². The van der Waals surface area contributed by atoms with Crippen molar-refractivity contribution in [1.82, 2.24) is 10.3 Å². The number of ether oxygens (including phenoxy) is 1. The summed E-state index contributed by atoms with van der Waals surface area (Å²) in [6.45, 7) is 2.58. The Morgan fingerprint density at radius 3 is 2.71 bits per heavy atom. The van der Waals surface area contributed by atoms with Crippen molar-refractivity contribution >= 4 is 24.2 Å². The van der Waals surface area contributed by atoms with Crippen LogP contribution in [0.5, 0.6) is 0 Å². The van der Waals surface area contributed by atoms with Crippen molar-refractivity contribution in [3.8, 4) is 0 Å². The molecule has 21 heavy (non-hydrogen) atoms. The van der Waals surface area contributed by atoms with Gasteiger partial charge in [-0.1, -0.05) is 6.92 Å². The highest BCUT2D eigenvalue weighted by atomic mass is 32.1. The van der Waals surface area contributed by atoms with Crippen LogP contribution in [-0.4, -0.2) is 34.9 Å². The normalized spacial score (nSPS) is 21.7. The average molecular weight is 323 g/mol. The molecule has 0 spiro atoms. The molecule has 9 heteroatoms. The van der Waals surface area contributed by atoms with E-state index in [-0.39, 0.29) is 18.0 Å². The summed E-state index contributed by atoms with van der Waals surface area (Å²) in [6.07, 6.45) is -2.83. The van der Waals surface area contributed by atoms with E-state index < -0.39 is 23.3 Å². The Labute approximate surface area is 125 Å². The molecule has 2 unspecified atom stereocenters. The number of thiol groups is 1. The Bertz CT molecular complexity index is 534. The third-order valence-electron chi connectivity index (χ3n) is 3.29. The molecule has 5 nitrogen and oxygen atoms in total. The maximum absolute atomic E-state index is 13.6. The second-order valence-electron chi connectivity index (χ2n) is 4.78. The Kier molecular flexibility index (Phi) is 4.16. The summed E-state index contributed by atoms with van der Waals surface area (Å²) in [5.41, 5.74) is -3.59. The minimum atomic E-state index is -4.67. The molecule has 2 rings (SSSR count). The molecule has 1 aromatic heterocycles. The van der Waals surface area contributed by atoms with Crippen LogP contribution >= 0.6 is 12.6 Å². The van der Waals surface area contributed by atoms with Crippen molar-refractivity contribution in [2.75, 3.05) is 11.5 Å². The first-order chi connectivity index (χ1) is 9.72. The fourth-order valence-corrected chi connectivity index (χ4v) is 2.64. The number of aromatic amines is 1. The lowest BCUT2D eigenvalue weighted by molar-refractivity contribution is -0.271. The SMILES string of the molecule is CCCOC(C)(N1c2cc[nH]c2C(=O)NC1S)C(F)(F)F. The summed E-state index contributed by atoms with van der Waals surface area (Å²) in [4.78, 5) is 15.3. The second-order valence-corrected chi connectivity index (χ2v) is 5.27. The van der Waals surface area contributed by atoms with Gasteiger partial charge in [-0.3, -0.25) is 4.79 Å². The number of nitrogens with one attached hydrogen (secondary N) is 2.